The summed E-state index contributed by atoms with van der Waals surface area (Å²) in [6.07, 6.45) is 1.62. The van der Waals surface area contributed by atoms with Crippen molar-refractivity contribution in [2.24, 2.45) is 0 Å². The van der Waals surface area contributed by atoms with Crippen LogP contribution < -0.4 is 5.32 Å². The number of amides is 1. The van der Waals surface area contributed by atoms with Crippen molar-refractivity contribution in [3.05, 3.63) is 65.9 Å². The minimum absolute atomic E-state index is 0.286. The molecule has 3 rings (SSSR count). The Bertz CT molecular complexity index is 1010. The van der Waals surface area contributed by atoms with Gasteiger partial charge in [-0.05, 0) is 39.8 Å². The average Bonchev–Trinajstić information content (AvgIpc) is 3.15. The lowest BCUT2D eigenvalue weighted by molar-refractivity contribution is -0.125. The molecule has 1 heterocycles. The number of ether oxygens (including phenoxy) is 1. The van der Waals surface area contributed by atoms with Gasteiger partial charge in [0.25, 0.3) is 5.91 Å². The molecule has 0 aliphatic rings. The quantitative estimate of drug-likeness (QED) is 0.651. The maximum atomic E-state index is 12.6. The Hall–Kier alpha value is -3.41. The highest BCUT2D eigenvalue weighted by atomic mass is 16.5. The van der Waals surface area contributed by atoms with Gasteiger partial charge in [-0.15, -0.1) is 0 Å². The first-order valence-electron chi connectivity index (χ1n) is 9.33. The Morgan fingerprint density at radius 3 is 2.45 bits per heavy atom. The molecule has 6 nitrogen and oxygen atoms in total. The molecule has 0 unspecified atom stereocenters. The molecule has 1 amide bonds. The van der Waals surface area contributed by atoms with E-state index in [1.165, 1.54) is 0 Å². The molecule has 2 aromatic carbocycles. The van der Waals surface area contributed by atoms with Crippen LogP contribution in [0.15, 0.2) is 59.1 Å². The molecule has 0 fully saturated rings. The largest absolute Gasteiger partial charge is 0.452 e. The van der Waals surface area contributed by atoms with Crippen molar-refractivity contribution in [1.29, 1.82) is 0 Å². The van der Waals surface area contributed by atoms with E-state index in [0.29, 0.717) is 17.2 Å². The molecule has 6 heteroatoms. The van der Waals surface area contributed by atoms with E-state index < -0.39 is 11.5 Å². The molecular formula is C23H24N2O4. The minimum atomic E-state index is -0.611. The molecule has 3 aromatic rings. The van der Waals surface area contributed by atoms with Crippen molar-refractivity contribution >= 4 is 11.9 Å². The van der Waals surface area contributed by atoms with Crippen LogP contribution in [0.4, 0.5) is 0 Å². The van der Waals surface area contributed by atoms with E-state index in [-0.39, 0.29) is 18.1 Å². The molecule has 0 aliphatic heterocycles. The Balaban J connectivity index is 1.78. The van der Waals surface area contributed by atoms with Gasteiger partial charge in [0.2, 0.25) is 5.89 Å². The van der Waals surface area contributed by atoms with Gasteiger partial charge in [0, 0.05) is 11.1 Å². The second-order valence-corrected chi connectivity index (χ2v) is 7.82. The number of nitrogens with zero attached hydrogens (tertiary/aromatic N) is 1. The van der Waals surface area contributed by atoms with Crippen LogP contribution in [0.5, 0.6) is 0 Å². The molecule has 150 valence electrons. The number of benzene rings is 2. The molecule has 0 spiro atoms. The summed E-state index contributed by atoms with van der Waals surface area (Å²) in [6, 6.07) is 14.7. The predicted molar refractivity (Wildman–Crippen MR) is 110 cm³/mol. The maximum absolute atomic E-state index is 12.6. The van der Waals surface area contributed by atoms with Crippen LogP contribution in [-0.2, 0) is 9.53 Å². The first-order valence-corrected chi connectivity index (χ1v) is 9.33. The van der Waals surface area contributed by atoms with Crippen LogP contribution in [0.25, 0.3) is 22.8 Å². The number of rotatable bonds is 5. The van der Waals surface area contributed by atoms with Crippen LogP contribution in [0.3, 0.4) is 0 Å². The van der Waals surface area contributed by atoms with E-state index in [2.05, 4.69) is 10.3 Å². The van der Waals surface area contributed by atoms with Crippen LogP contribution in [0.1, 0.15) is 36.7 Å². The summed E-state index contributed by atoms with van der Waals surface area (Å²) in [4.78, 5) is 28.8. The highest BCUT2D eigenvalue weighted by Crippen LogP contribution is 2.28. The summed E-state index contributed by atoms with van der Waals surface area (Å²) >= 11 is 0. The zero-order valence-corrected chi connectivity index (χ0v) is 17.0. The summed E-state index contributed by atoms with van der Waals surface area (Å²) in [5.41, 5.74) is 2.44. The molecule has 0 radical (unpaired) electrons. The van der Waals surface area contributed by atoms with Crippen molar-refractivity contribution in [2.75, 3.05) is 6.61 Å². The summed E-state index contributed by atoms with van der Waals surface area (Å²) in [5.74, 6) is -0.0548. The lowest BCUT2D eigenvalue weighted by atomic mass is 10.1. The van der Waals surface area contributed by atoms with Gasteiger partial charge in [-0.3, -0.25) is 4.79 Å². The molecule has 1 aromatic heterocycles. The van der Waals surface area contributed by atoms with Crippen LogP contribution in [0, 0.1) is 6.92 Å². The van der Waals surface area contributed by atoms with E-state index in [4.69, 9.17) is 9.15 Å². The normalized spacial score (nSPS) is 11.2. The maximum Gasteiger partial charge on any atom is 0.339 e. The third kappa shape index (κ3) is 5.31. The van der Waals surface area contributed by atoms with Gasteiger partial charge in [-0.25, -0.2) is 9.78 Å². The van der Waals surface area contributed by atoms with Crippen LogP contribution in [-0.4, -0.2) is 29.0 Å². The third-order valence-corrected chi connectivity index (χ3v) is 4.07. The summed E-state index contributed by atoms with van der Waals surface area (Å²) in [6.45, 7) is 7.23. The van der Waals surface area contributed by atoms with Crippen molar-refractivity contribution in [3.63, 3.8) is 0 Å². The molecular weight excluding hydrogens is 368 g/mol. The van der Waals surface area contributed by atoms with Gasteiger partial charge in [0.1, 0.15) is 0 Å². The third-order valence-electron chi connectivity index (χ3n) is 4.07. The highest BCUT2D eigenvalue weighted by Gasteiger charge is 2.20. The lowest BCUT2D eigenvalue weighted by Crippen LogP contribution is -2.42. The summed E-state index contributed by atoms with van der Waals surface area (Å²) in [5, 5.41) is 2.75. The summed E-state index contributed by atoms with van der Waals surface area (Å²) in [7, 11) is 0. The molecule has 1 N–H and O–H groups in total. The Labute approximate surface area is 169 Å². The molecule has 29 heavy (non-hydrogen) atoms. The number of hydrogen-bond donors (Lipinski definition) is 1. The second-order valence-electron chi connectivity index (χ2n) is 7.82. The molecule has 0 aliphatic carbocycles. The Morgan fingerprint density at radius 1 is 1.07 bits per heavy atom. The van der Waals surface area contributed by atoms with Crippen molar-refractivity contribution in [3.8, 4) is 22.8 Å². The van der Waals surface area contributed by atoms with E-state index in [9.17, 15) is 9.59 Å². The van der Waals surface area contributed by atoms with Gasteiger partial charge >= 0.3 is 5.97 Å². The zero-order chi connectivity index (χ0) is 21.0. The van der Waals surface area contributed by atoms with Crippen molar-refractivity contribution < 1.29 is 18.7 Å². The van der Waals surface area contributed by atoms with E-state index in [1.54, 1.807) is 30.5 Å². The monoisotopic (exact) mass is 392 g/mol. The number of oxazole rings is 1. The fourth-order valence-electron chi connectivity index (χ4n) is 2.76. The van der Waals surface area contributed by atoms with Crippen molar-refractivity contribution in [1.82, 2.24) is 10.3 Å². The topological polar surface area (TPSA) is 81.4 Å². The standard InChI is InChI=1S/C23H24N2O4/c1-15-9-11-16(12-10-15)19-13-24-21(29-19)17-7-5-6-8-18(17)22(27)28-14-20(26)25-23(2,3)4/h5-13H,14H2,1-4H3,(H,25,26). The average molecular weight is 392 g/mol. The smallest absolute Gasteiger partial charge is 0.339 e. The number of aromatic nitrogens is 1. The second kappa shape index (κ2) is 8.31. The molecule has 0 atom stereocenters. The van der Waals surface area contributed by atoms with Gasteiger partial charge in [0.05, 0.1) is 17.3 Å². The first-order chi connectivity index (χ1) is 13.7. The number of aryl methyl sites for hydroxylation is 1. The van der Waals surface area contributed by atoms with Gasteiger partial charge in [-0.2, -0.15) is 0 Å². The number of carbonyl (C=O) groups excluding carboxylic acids is 2. The number of esters is 1. The SMILES string of the molecule is Cc1ccc(-c2cnc(-c3ccccc3C(=O)OCC(=O)NC(C)(C)C)o2)cc1. The Kier molecular flexibility index (Phi) is 5.82. The fourth-order valence-corrected chi connectivity index (χ4v) is 2.76. The van der Waals surface area contributed by atoms with Gasteiger partial charge in [-0.1, -0.05) is 42.0 Å². The van der Waals surface area contributed by atoms with Crippen LogP contribution >= 0.6 is 0 Å². The molecule has 0 saturated heterocycles. The molecule has 0 bridgehead atoms. The fraction of sp³-hybridized carbons (Fsp3) is 0.261. The predicted octanol–water partition coefficient (Wildman–Crippen LogP) is 4.39. The van der Waals surface area contributed by atoms with E-state index in [0.717, 1.165) is 11.1 Å². The van der Waals surface area contributed by atoms with E-state index >= 15 is 0 Å². The van der Waals surface area contributed by atoms with Crippen LogP contribution in [0.2, 0.25) is 0 Å². The lowest BCUT2D eigenvalue weighted by Gasteiger charge is -2.20. The van der Waals surface area contributed by atoms with Gasteiger partial charge in [0.15, 0.2) is 12.4 Å². The van der Waals surface area contributed by atoms with Crippen molar-refractivity contribution in [2.45, 2.75) is 33.2 Å². The zero-order valence-electron chi connectivity index (χ0n) is 17.0. The molecule has 0 saturated carbocycles. The number of nitrogens with one attached hydrogen (secondary N) is 1. The highest BCUT2D eigenvalue weighted by molar-refractivity contribution is 5.97. The summed E-state index contributed by atoms with van der Waals surface area (Å²) < 4.78 is 11.1. The minimum Gasteiger partial charge on any atom is -0.452 e. The van der Waals surface area contributed by atoms with Gasteiger partial charge < -0.3 is 14.5 Å². The number of hydrogen-bond acceptors (Lipinski definition) is 5. The first kappa shape index (κ1) is 20.3. The van der Waals surface area contributed by atoms with E-state index in [1.807, 2.05) is 52.0 Å². The Morgan fingerprint density at radius 2 is 1.76 bits per heavy atom. The number of carbonyl (C=O) groups is 2.